The topological polar surface area (TPSA) is 57.3 Å². The van der Waals surface area contributed by atoms with E-state index in [1.807, 2.05) is 30.5 Å². The number of hydrogen-bond acceptors (Lipinski definition) is 4. The van der Waals surface area contributed by atoms with E-state index < -0.39 is 0 Å². The lowest BCUT2D eigenvalue weighted by molar-refractivity contribution is -0.120. The van der Waals surface area contributed by atoms with Gasteiger partial charge in [0.2, 0.25) is 5.91 Å². The third-order valence-corrected chi connectivity index (χ3v) is 5.25. The molecular weight excluding hydrogens is 312 g/mol. The van der Waals surface area contributed by atoms with E-state index in [9.17, 15) is 4.79 Å². The van der Waals surface area contributed by atoms with Crippen LogP contribution in [0.5, 0.6) is 0 Å². The Morgan fingerprint density at radius 1 is 1.12 bits per heavy atom. The molecule has 5 heteroatoms. The highest BCUT2D eigenvalue weighted by Gasteiger charge is 2.32. The molecule has 25 heavy (non-hydrogen) atoms. The van der Waals surface area contributed by atoms with Gasteiger partial charge in [-0.15, -0.1) is 0 Å². The molecule has 1 aromatic carbocycles. The van der Waals surface area contributed by atoms with E-state index in [0.717, 1.165) is 37.6 Å². The summed E-state index contributed by atoms with van der Waals surface area (Å²) in [6.45, 7) is 3.70. The quantitative estimate of drug-likeness (QED) is 0.901. The Morgan fingerprint density at radius 3 is 2.56 bits per heavy atom. The third kappa shape index (κ3) is 3.66. The average molecular weight is 336 g/mol. The number of carbonyl (C=O) groups is 1. The van der Waals surface area contributed by atoms with Gasteiger partial charge in [0.1, 0.15) is 0 Å². The number of amides is 1. The molecule has 0 radical (unpaired) electrons. The minimum atomic E-state index is 0.0456. The van der Waals surface area contributed by atoms with E-state index in [2.05, 4.69) is 32.7 Å². The van der Waals surface area contributed by atoms with E-state index in [1.165, 1.54) is 18.4 Å². The lowest BCUT2D eigenvalue weighted by Gasteiger charge is -2.39. The zero-order valence-corrected chi connectivity index (χ0v) is 14.3. The molecule has 0 unspecified atom stereocenters. The summed E-state index contributed by atoms with van der Waals surface area (Å²) in [4.78, 5) is 18.7. The summed E-state index contributed by atoms with van der Waals surface area (Å²) in [5.74, 6) is 0.796. The van der Waals surface area contributed by atoms with Gasteiger partial charge in [0.25, 0.3) is 0 Å². The number of nitrogens with zero attached hydrogens (tertiary/aromatic N) is 2. The Labute approximate surface area is 148 Å². The molecule has 4 rings (SSSR count). The monoisotopic (exact) mass is 336 g/mol. The minimum absolute atomic E-state index is 0.0456. The van der Waals surface area contributed by atoms with E-state index >= 15 is 0 Å². The predicted molar refractivity (Wildman–Crippen MR) is 99.9 cm³/mol. The maximum absolute atomic E-state index is 12.4. The standard InChI is InChI=1S/C20H24N4O/c25-20(17-13-24(14-17)19-2-1-9-22-12-19)23-18-5-3-15(4-6-18)16-7-10-21-11-8-16/h1-6,9,12,16-17,21H,7-8,10-11,13-14H2,(H,23,25). The minimum Gasteiger partial charge on any atom is -0.369 e. The second-order valence-corrected chi connectivity index (χ2v) is 6.95. The van der Waals surface area contributed by atoms with Crippen molar-refractivity contribution in [1.82, 2.24) is 10.3 Å². The molecule has 0 saturated carbocycles. The lowest BCUT2D eigenvalue weighted by Crippen LogP contribution is -2.52. The van der Waals surface area contributed by atoms with Crippen molar-refractivity contribution in [1.29, 1.82) is 0 Å². The molecular formula is C20H24N4O. The van der Waals surface area contributed by atoms with E-state index in [0.29, 0.717) is 5.92 Å². The van der Waals surface area contributed by atoms with Crippen LogP contribution in [-0.2, 0) is 4.79 Å². The first-order valence-electron chi connectivity index (χ1n) is 9.06. The zero-order valence-electron chi connectivity index (χ0n) is 14.3. The summed E-state index contributed by atoms with van der Waals surface area (Å²) in [7, 11) is 0. The molecule has 1 amide bonds. The number of carbonyl (C=O) groups excluding carboxylic acids is 1. The molecule has 2 saturated heterocycles. The molecule has 0 atom stereocenters. The van der Waals surface area contributed by atoms with Crippen molar-refractivity contribution >= 4 is 17.3 Å². The molecule has 2 aromatic rings. The fraction of sp³-hybridized carbons (Fsp3) is 0.400. The van der Waals surface area contributed by atoms with Crippen LogP contribution in [0.15, 0.2) is 48.8 Å². The molecule has 0 aliphatic carbocycles. The van der Waals surface area contributed by atoms with Gasteiger partial charge in [-0.05, 0) is 61.7 Å². The lowest BCUT2D eigenvalue weighted by atomic mass is 9.90. The second kappa shape index (κ2) is 7.23. The number of pyridine rings is 1. The molecule has 130 valence electrons. The summed E-state index contributed by atoms with van der Waals surface area (Å²) in [5.41, 5.74) is 3.35. The number of aromatic nitrogens is 1. The second-order valence-electron chi connectivity index (χ2n) is 6.95. The Hall–Kier alpha value is -2.40. The van der Waals surface area contributed by atoms with Crippen molar-refractivity contribution in [3.05, 3.63) is 54.4 Å². The van der Waals surface area contributed by atoms with Crippen LogP contribution < -0.4 is 15.5 Å². The zero-order chi connectivity index (χ0) is 17.1. The molecule has 0 spiro atoms. The summed E-state index contributed by atoms with van der Waals surface area (Å²) in [5, 5.41) is 6.45. The molecule has 2 aliphatic rings. The van der Waals surface area contributed by atoms with Gasteiger partial charge < -0.3 is 15.5 Å². The number of hydrogen-bond donors (Lipinski definition) is 2. The van der Waals surface area contributed by atoms with Crippen LogP contribution in [0.25, 0.3) is 0 Å². The van der Waals surface area contributed by atoms with E-state index in [1.54, 1.807) is 6.20 Å². The van der Waals surface area contributed by atoms with Crippen LogP contribution in [0.1, 0.15) is 24.3 Å². The number of anilines is 2. The molecule has 2 aliphatic heterocycles. The van der Waals surface area contributed by atoms with Gasteiger partial charge >= 0.3 is 0 Å². The van der Waals surface area contributed by atoms with Crippen molar-refractivity contribution in [2.24, 2.45) is 5.92 Å². The van der Waals surface area contributed by atoms with Gasteiger partial charge in [0, 0.05) is 25.0 Å². The third-order valence-electron chi connectivity index (χ3n) is 5.25. The highest BCUT2D eigenvalue weighted by molar-refractivity contribution is 5.94. The summed E-state index contributed by atoms with van der Waals surface area (Å²) in [6, 6.07) is 12.3. The molecule has 0 bridgehead atoms. The first kappa shape index (κ1) is 16.1. The molecule has 5 nitrogen and oxygen atoms in total. The first-order chi connectivity index (χ1) is 12.3. The van der Waals surface area contributed by atoms with Crippen LogP contribution in [-0.4, -0.2) is 37.1 Å². The number of nitrogens with one attached hydrogen (secondary N) is 2. The van der Waals surface area contributed by atoms with Crippen molar-refractivity contribution < 1.29 is 4.79 Å². The van der Waals surface area contributed by atoms with Gasteiger partial charge in [0.05, 0.1) is 17.8 Å². The van der Waals surface area contributed by atoms with Crippen LogP contribution in [0, 0.1) is 5.92 Å². The van der Waals surface area contributed by atoms with Gasteiger partial charge in [-0.25, -0.2) is 0 Å². The predicted octanol–water partition coefficient (Wildman–Crippen LogP) is 2.62. The van der Waals surface area contributed by atoms with Crippen LogP contribution in [0.3, 0.4) is 0 Å². The van der Waals surface area contributed by atoms with Crippen molar-refractivity contribution in [3.8, 4) is 0 Å². The Bertz CT molecular complexity index is 704. The Kier molecular flexibility index (Phi) is 4.65. The molecule has 3 heterocycles. The summed E-state index contributed by atoms with van der Waals surface area (Å²) >= 11 is 0. The van der Waals surface area contributed by atoms with Crippen LogP contribution in [0.4, 0.5) is 11.4 Å². The summed E-state index contributed by atoms with van der Waals surface area (Å²) < 4.78 is 0. The highest BCUT2D eigenvalue weighted by Crippen LogP contribution is 2.27. The Morgan fingerprint density at radius 2 is 1.88 bits per heavy atom. The number of rotatable bonds is 4. The SMILES string of the molecule is O=C(Nc1ccc(C2CCNCC2)cc1)C1CN(c2cccnc2)C1. The molecule has 2 fully saturated rings. The Balaban J connectivity index is 1.30. The number of piperidine rings is 1. The molecule has 1 aromatic heterocycles. The maximum atomic E-state index is 12.4. The fourth-order valence-corrected chi connectivity index (χ4v) is 3.63. The summed E-state index contributed by atoms with van der Waals surface area (Å²) in [6.07, 6.45) is 5.99. The molecule has 2 N–H and O–H groups in total. The van der Waals surface area contributed by atoms with Gasteiger partial charge in [-0.3, -0.25) is 9.78 Å². The fourth-order valence-electron chi connectivity index (χ4n) is 3.63. The smallest absolute Gasteiger partial charge is 0.231 e. The van der Waals surface area contributed by atoms with E-state index in [-0.39, 0.29) is 11.8 Å². The average Bonchev–Trinajstić information content (AvgIpc) is 2.63. The van der Waals surface area contributed by atoms with Gasteiger partial charge in [0.15, 0.2) is 0 Å². The highest BCUT2D eigenvalue weighted by atomic mass is 16.2. The van der Waals surface area contributed by atoms with Crippen molar-refractivity contribution in [2.45, 2.75) is 18.8 Å². The van der Waals surface area contributed by atoms with E-state index in [4.69, 9.17) is 0 Å². The number of benzene rings is 1. The normalized spacial score (nSPS) is 18.6. The van der Waals surface area contributed by atoms with Crippen molar-refractivity contribution in [2.75, 3.05) is 36.4 Å². The van der Waals surface area contributed by atoms with Gasteiger partial charge in [-0.1, -0.05) is 12.1 Å². The van der Waals surface area contributed by atoms with Crippen LogP contribution in [0.2, 0.25) is 0 Å². The first-order valence-corrected chi connectivity index (χ1v) is 9.06. The largest absolute Gasteiger partial charge is 0.369 e. The van der Waals surface area contributed by atoms with Gasteiger partial charge in [-0.2, -0.15) is 0 Å². The van der Waals surface area contributed by atoms with Crippen molar-refractivity contribution in [3.63, 3.8) is 0 Å². The maximum Gasteiger partial charge on any atom is 0.231 e. The van der Waals surface area contributed by atoms with Crippen LogP contribution >= 0.6 is 0 Å².